The molecule has 3 heteroatoms. The van der Waals surface area contributed by atoms with Gasteiger partial charge in [0.25, 0.3) is 0 Å². The van der Waals surface area contributed by atoms with Gasteiger partial charge in [0.1, 0.15) is 11.6 Å². The van der Waals surface area contributed by atoms with E-state index in [4.69, 9.17) is 5.73 Å². The Labute approximate surface area is 102 Å². The number of hydrogen-bond donors (Lipinski definition) is 1. The van der Waals surface area contributed by atoms with E-state index in [9.17, 15) is 0 Å². The molecule has 0 spiro atoms. The summed E-state index contributed by atoms with van der Waals surface area (Å²) in [5.41, 5.74) is 7.80. The number of aryl methyl sites for hydroxylation is 1. The molecule has 1 aliphatic carbocycles. The van der Waals surface area contributed by atoms with Crippen molar-refractivity contribution in [2.75, 3.05) is 5.73 Å². The highest BCUT2D eigenvalue weighted by atomic mass is 15.0. The van der Waals surface area contributed by atoms with Crippen LogP contribution in [-0.2, 0) is 5.41 Å². The van der Waals surface area contributed by atoms with E-state index in [0.717, 1.165) is 24.4 Å². The fourth-order valence-corrected chi connectivity index (χ4v) is 2.08. The lowest BCUT2D eigenvalue weighted by molar-refractivity contribution is 0.581. The Balaban J connectivity index is 2.43. The summed E-state index contributed by atoms with van der Waals surface area (Å²) >= 11 is 0. The van der Waals surface area contributed by atoms with Crippen LogP contribution >= 0.6 is 0 Å². The van der Waals surface area contributed by atoms with Gasteiger partial charge in [-0.2, -0.15) is 0 Å². The molecule has 17 heavy (non-hydrogen) atoms. The van der Waals surface area contributed by atoms with Crippen molar-refractivity contribution in [2.24, 2.45) is 0 Å². The van der Waals surface area contributed by atoms with Crippen molar-refractivity contribution in [3.8, 4) is 0 Å². The van der Waals surface area contributed by atoms with E-state index >= 15 is 0 Å². The molecule has 2 rings (SSSR count). The highest BCUT2D eigenvalue weighted by Crippen LogP contribution is 2.32. The molecule has 0 atom stereocenters. The molecule has 0 aromatic carbocycles. The summed E-state index contributed by atoms with van der Waals surface area (Å²) in [6.45, 7) is 6.23. The van der Waals surface area contributed by atoms with Gasteiger partial charge in [-0.3, -0.25) is 0 Å². The first-order chi connectivity index (χ1) is 8.00. The van der Waals surface area contributed by atoms with Gasteiger partial charge in [0.15, 0.2) is 0 Å². The predicted molar refractivity (Wildman–Crippen MR) is 70.7 cm³/mol. The standard InChI is InChI=1S/C14H19N3/c1-10-9-12(15)17-13(16-10)14(2,3)11-7-5-4-6-8-11/h5,7-9H,4,6H2,1-3H3,(H2,15,16,17). The zero-order valence-electron chi connectivity index (χ0n) is 10.7. The second kappa shape index (κ2) is 4.32. The molecule has 0 radical (unpaired) electrons. The van der Waals surface area contributed by atoms with Gasteiger partial charge in [0.2, 0.25) is 0 Å². The fourth-order valence-electron chi connectivity index (χ4n) is 2.08. The molecule has 0 bridgehead atoms. The summed E-state index contributed by atoms with van der Waals surface area (Å²) in [5, 5.41) is 0. The Bertz CT molecular complexity index is 464. The van der Waals surface area contributed by atoms with Gasteiger partial charge < -0.3 is 5.73 Å². The van der Waals surface area contributed by atoms with Crippen molar-refractivity contribution in [3.63, 3.8) is 0 Å². The Morgan fingerprint density at radius 3 is 2.59 bits per heavy atom. The molecule has 90 valence electrons. The van der Waals surface area contributed by atoms with Crippen molar-refractivity contribution in [2.45, 2.75) is 39.0 Å². The van der Waals surface area contributed by atoms with E-state index in [1.54, 1.807) is 6.07 Å². The van der Waals surface area contributed by atoms with Gasteiger partial charge in [0, 0.05) is 17.2 Å². The minimum Gasteiger partial charge on any atom is -0.384 e. The first kappa shape index (κ1) is 11.8. The third-order valence-corrected chi connectivity index (χ3v) is 3.15. The summed E-state index contributed by atoms with van der Waals surface area (Å²) in [6, 6.07) is 1.80. The third kappa shape index (κ3) is 2.38. The maximum absolute atomic E-state index is 5.80. The molecule has 0 amide bonds. The van der Waals surface area contributed by atoms with Gasteiger partial charge in [-0.25, -0.2) is 9.97 Å². The number of hydrogen-bond acceptors (Lipinski definition) is 3. The average Bonchev–Trinajstić information content (AvgIpc) is 2.29. The maximum atomic E-state index is 5.80. The zero-order valence-corrected chi connectivity index (χ0v) is 10.7. The molecule has 1 heterocycles. The molecule has 1 aromatic rings. The number of nitrogen functional groups attached to an aromatic ring is 1. The molecule has 0 saturated heterocycles. The molecular formula is C14H19N3. The van der Waals surface area contributed by atoms with Crippen LogP contribution in [0, 0.1) is 6.92 Å². The van der Waals surface area contributed by atoms with Crippen molar-refractivity contribution in [1.29, 1.82) is 0 Å². The molecule has 0 saturated carbocycles. The second-order valence-corrected chi connectivity index (χ2v) is 5.02. The summed E-state index contributed by atoms with van der Waals surface area (Å²) in [6.07, 6.45) is 8.86. The Morgan fingerprint density at radius 1 is 1.24 bits per heavy atom. The number of anilines is 1. The second-order valence-electron chi connectivity index (χ2n) is 5.02. The van der Waals surface area contributed by atoms with Crippen LogP contribution in [0.25, 0.3) is 0 Å². The summed E-state index contributed by atoms with van der Waals surface area (Å²) < 4.78 is 0. The normalized spacial score (nSPS) is 15.8. The molecule has 1 aliphatic rings. The minimum absolute atomic E-state index is 0.183. The lowest BCUT2D eigenvalue weighted by atomic mass is 9.80. The molecule has 0 fully saturated rings. The van der Waals surface area contributed by atoms with Crippen molar-refractivity contribution >= 4 is 5.82 Å². The van der Waals surface area contributed by atoms with Crippen LogP contribution in [0.15, 0.2) is 29.9 Å². The predicted octanol–water partition coefficient (Wildman–Crippen LogP) is 2.92. The van der Waals surface area contributed by atoms with Crippen LogP contribution in [0.1, 0.15) is 38.2 Å². The van der Waals surface area contributed by atoms with E-state index in [-0.39, 0.29) is 5.41 Å². The van der Waals surface area contributed by atoms with E-state index in [2.05, 4.69) is 42.0 Å². The quantitative estimate of drug-likeness (QED) is 0.848. The van der Waals surface area contributed by atoms with Crippen LogP contribution in [0.5, 0.6) is 0 Å². The summed E-state index contributed by atoms with van der Waals surface area (Å²) in [7, 11) is 0. The van der Waals surface area contributed by atoms with E-state index in [0.29, 0.717) is 5.82 Å². The number of rotatable bonds is 2. The first-order valence-electron chi connectivity index (χ1n) is 5.99. The number of nitrogens with zero attached hydrogens (tertiary/aromatic N) is 2. The Hall–Kier alpha value is -1.64. The van der Waals surface area contributed by atoms with E-state index in [1.165, 1.54) is 5.57 Å². The van der Waals surface area contributed by atoms with Crippen LogP contribution < -0.4 is 5.73 Å². The molecular weight excluding hydrogens is 210 g/mol. The van der Waals surface area contributed by atoms with Gasteiger partial charge >= 0.3 is 0 Å². The smallest absolute Gasteiger partial charge is 0.140 e. The Kier molecular flexibility index (Phi) is 3.01. The molecule has 1 aromatic heterocycles. The molecule has 0 aliphatic heterocycles. The number of allylic oxidation sites excluding steroid dienone is 4. The lowest BCUT2D eigenvalue weighted by Crippen LogP contribution is -2.24. The first-order valence-corrected chi connectivity index (χ1v) is 5.99. The maximum Gasteiger partial charge on any atom is 0.140 e. The molecule has 2 N–H and O–H groups in total. The summed E-state index contributed by atoms with van der Waals surface area (Å²) in [5.74, 6) is 1.34. The molecule has 3 nitrogen and oxygen atoms in total. The SMILES string of the molecule is Cc1cc(N)nc(C(C)(C)C2=CCCC=C2)n1. The van der Waals surface area contributed by atoms with Crippen molar-refractivity contribution in [3.05, 3.63) is 41.4 Å². The summed E-state index contributed by atoms with van der Waals surface area (Å²) in [4.78, 5) is 8.89. The highest BCUT2D eigenvalue weighted by Gasteiger charge is 2.28. The minimum atomic E-state index is -0.183. The van der Waals surface area contributed by atoms with Crippen LogP contribution in [0.3, 0.4) is 0 Å². The number of aromatic nitrogens is 2. The van der Waals surface area contributed by atoms with Crippen LogP contribution in [-0.4, -0.2) is 9.97 Å². The Morgan fingerprint density at radius 2 is 2.00 bits per heavy atom. The van der Waals surface area contributed by atoms with Crippen molar-refractivity contribution < 1.29 is 0 Å². The number of nitrogens with two attached hydrogens (primary N) is 1. The fraction of sp³-hybridized carbons (Fsp3) is 0.429. The third-order valence-electron chi connectivity index (χ3n) is 3.15. The zero-order chi connectivity index (χ0) is 12.5. The van der Waals surface area contributed by atoms with Crippen molar-refractivity contribution in [1.82, 2.24) is 9.97 Å². The van der Waals surface area contributed by atoms with E-state index < -0.39 is 0 Å². The van der Waals surface area contributed by atoms with Gasteiger partial charge in [-0.1, -0.05) is 18.2 Å². The lowest BCUT2D eigenvalue weighted by Gasteiger charge is -2.26. The van der Waals surface area contributed by atoms with E-state index in [1.807, 2.05) is 6.92 Å². The van der Waals surface area contributed by atoms with Gasteiger partial charge in [0.05, 0.1) is 0 Å². The average molecular weight is 229 g/mol. The van der Waals surface area contributed by atoms with Gasteiger partial charge in [-0.15, -0.1) is 0 Å². The highest BCUT2D eigenvalue weighted by molar-refractivity contribution is 5.39. The topological polar surface area (TPSA) is 51.8 Å². The van der Waals surface area contributed by atoms with Gasteiger partial charge in [-0.05, 0) is 39.2 Å². The molecule has 0 unspecified atom stereocenters. The van der Waals surface area contributed by atoms with Crippen LogP contribution in [0.2, 0.25) is 0 Å². The largest absolute Gasteiger partial charge is 0.384 e. The van der Waals surface area contributed by atoms with Crippen LogP contribution in [0.4, 0.5) is 5.82 Å². The monoisotopic (exact) mass is 229 g/mol.